The summed E-state index contributed by atoms with van der Waals surface area (Å²) in [5.74, 6) is 0.348. The van der Waals surface area contributed by atoms with Crippen molar-refractivity contribution in [1.29, 1.82) is 0 Å². The number of ether oxygens (including phenoxy) is 1. The second-order valence-electron chi connectivity index (χ2n) is 7.27. The highest BCUT2D eigenvalue weighted by atomic mass is 35.5. The van der Waals surface area contributed by atoms with Gasteiger partial charge in [-0.2, -0.15) is 0 Å². The summed E-state index contributed by atoms with van der Waals surface area (Å²) in [5.41, 5.74) is 2.93. The molecule has 1 aliphatic heterocycles. The lowest BCUT2D eigenvalue weighted by atomic mass is 10.1. The van der Waals surface area contributed by atoms with Crippen molar-refractivity contribution in [2.45, 2.75) is 12.3 Å². The standard InChI is InChI=1S/C21H20ClN3O2S/c22-14-3-1-2-13(10-14)16-12-17(16)20(26)23-15-4-5-18-19(11-15)28-21(24-18)25-6-8-27-9-7-25/h1-5,10-11,16-17H,6-9,12H2,(H,23,26). The van der Waals surface area contributed by atoms with E-state index in [2.05, 4.69) is 10.2 Å². The summed E-state index contributed by atoms with van der Waals surface area (Å²) in [4.78, 5) is 19.6. The van der Waals surface area contributed by atoms with Gasteiger partial charge < -0.3 is 15.0 Å². The summed E-state index contributed by atoms with van der Waals surface area (Å²) >= 11 is 7.73. The number of amides is 1. The Labute approximate surface area is 172 Å². The van der Waals surface area contributed by atoms with E-state index < -0.39 is 0 Å². The second-order valence-corrected chi connectivity index (χ2v) is 8.72. The van der Waals surface area contributed by atoms with E-state index in [4.69, 9.17) is 21.3 Å². The van der Waals surface area contributed by atoms with E-state index in [0.717, 1.165) is 64.3 Å². The van der Waals surface area contributed by atoms with Gasteiger partial charge in [-0.15, -0.1) is 0 Å². The normalized spacial score (nSPS) is 21.7. The van der Waals surface area contributed by atoms with Gasteiger partial charge in [-0.1, -0.05) is 35.1 Å². The van der Waals surface area contributed by atoms with Crippen LogP contribution >= 0.6 is 22.9 Å². The Morgan fingerprint density at radius 2 is 2.07 bits per heavy atom. The summed E-state index contributed by atoms with van der Waals surface area (Å²) < 4.78 is 6.50. The van der Waals surface area contributed by atoms with Gasteiger partial charge in [0.25, 0.3) is 0 Å². The van der Waals surface area contributed by atoms with Gasteiger partial charge in [0.1, 0.15) is 0 Å². The molecule has 7 heteroatoms. The van der Waals surface area contributed by atoms with Crippen LogP contribution < -0.4 is 10.2 Å². The quantitative estimate of drug-likeness (QED) is 0.682. The molecule has 28 heavy (non-hydrogen) atoms. The van der Waals surface area contributed by atoms with Crippen LogP contribution in [0.3, 0.4) is 0 Å². The highest BCUT2D eigenvalue weighted by Gasteiger charge is 2.44. The molecule has 0 spiro atoms. The van der Waals surface area contributed by atoms with Gasteiger partial charge in [0, 0.05) is 29.7 Å². The topological polar surface area (TPSA) is 54.5 Å². The molecule has 3 aromatic rings. The largest absolute Gasteiger partial charge is 0.378 e. The van der Waals surface area contributed by atoms with Crippen LogP contribution in [0.4, 0.5) is 10.8 Å². The molecule has 2 aromatic carbocycles. The first kappa shape index (κ1) is 17.9. The summed E-state index contributed by atoms with van der Waals surface area (Å²) in [6, 6.07) is 13.7. The molecule has 5 nitrogen and oxygen atoms in total. The summed E-state index contributed by atoms with van der Waals surface area (Å²) in [6.45, 7) is 3.23. The van der Waals surface area contributed by atoms with E-state index in [1.807, 2.05) is 42.5 Å². The number of benzene rings is 2. The maximum Gasteiger partial charge on any atom is 0.228 e. The molecular weight excluding hydrogens is 394 g/mol. The Balaban J connectivity index is 1.28. The number of morpholine rings is 1. The van der Waals surface area contributed by atoms with Gasteiger partial charge in [0.2, 0.25) is 5.91 Å². The molecule has 2 unspecified atom stereocenters. The maximum atomic E-state index is 12.7. The van der Waals surface area contributed by atoms with E-state index in [1.54, 1.807) is 11.3 Å². The van der Waals surface area contributed by atoms with Crippen molar-refractivity contribution in [2.75, 3.05) is 36.5 Å². The Morgan fingerprint density at radius 1 is 1.21 bits per heavy atom. The first-order chi connectivity index (χ1) is 13.7. The van der Waals surface area contributed by atoms with Crippen molar-refractivity contribution in [3.63, 3.8) is 0 Å². The van der Waals surface area contributed by atoms with E-state index >= 15 is 0 Å². The van der Waals surface area contributed by atoms with Gasteiger partial charge in [-0.25, -0.2) is 4.98 Å². The Morgan fingerprint density at radius 3 is 2.89 bits per heavy atom. The molecule has 2 atom stereocenters. The minimum absolute atomic E-state index is 0.0135. The Bertz CT molecular complexity index is 1030. The Hall–Kier alpha value is -2.15. The average Bonchev–Trinajstić information content (AvgIpc) is 3.41. The van der Waals surface area contributed by atoms with Crippen LogP contribution in [-0.2, 0) is 9.53 Å². The van der Waals surface area contributed by atoms with Gasteiger partial charge in [0.15, 0.2) is 5.13 Å². The molecule has 2 fully saturated rings. The molecular formula is C21H20ClN3O2S. The molecule has 0 radical (unpaired) electrons. The van der Waals surface area contributed by atoms with E-state index in [-0.39, 0.29) is 17.7 Å². The van der Waals surface area contributed by atoms with Crippen LogP contribution in [0.2, 0.25) is 5.02 Å². The molecule has 1 saturated carbocycles. The highest BCUT2D eigenvalue weighted by molar-refractivity contribution is 7.22. The fourth-order valence-electron chi connectivity index (χ4n) is 3.71. The number of aromatic nitrogens is 1. The van der Waals surface area contributed by atoms with Crippen LogP contribution in [0, 0.1) is 5.92 Å². The monoisotopic (exact) mass is 413 g/mol. The first-order valence-corrected chi connectivity index (χ1v) is 10.7. The van der Waals surface area contributed by atoms with Gasteiger partial charge >= 0.3 is 0 Å². The van der Waals surface area contributed by atoms with Crippen LogP contribution in [-0.4, -0.2) is 37.2 Å². The molecule has 2 aliphatic rings. The van der Waals surface area contributed by atoms with Crippen LogP contribution in [0.25, 0.3) is 10.2 Å². The molecule has 2 heterocycles. The zero-order chi connectivity index (χ0) is 19.1. The van der Waals surface area contributed by atoms with Crippen molar-refractivity contribution in [2.24, 2.45) is 5.92 Å². The number of nitrogens with one attached hydrogen (secondary N) is 1. The number of halogens is 1. The van der Waals surface area contributed by atoms with Gasteiger partial charge in [0.05, 0.1) is 23.4 Å². The molecule has 1 saturated heterocycles. The van der Waals surface area contributed by atoms with Crippen LogP contribution in [0.1, 0.15) is 17.9 Å². The molecule has 0 bridgehead atoms. The Kier molecular flexibility index (Phi) is 4.70. The number of hydrogen-bond acceptors (Lipinski definition) is 5. The lowest BCUT2D eigenvalue weighted by Gasteiger charge is -2.25. The molecule has 5 rings (SSSR count). The van der Waals surface area contributed by atoms with Gasteiger partial charge in [-0.05, 0) is 48.2 Å². The second kappa shape index (κ2) is 7.35. The lowest BCUT2D eigenvalue weighted by Crippen LogP contribution is -2.36. The van der Waals surface area contributed by atoms with Crippen molar-refractivity contribution >= 4 is 49.9 Å². The molecule has 144 valence electrons. The highest BCUT2D eigenvalue weighted by Crippen LogP contribution is 2.48. The minimum atomic E-state index is 0.0135. The third-order valence-electron chi connectivity index (χ3n) is 5.33. The van der Waals surface area contributed by atoms with Crippen LogP contribution in [0.15, 0.2) is 42.5 Å². The first-order valence-electron chi connectivity index (χ1n) is 9.47. The number of rotatable bonds is 4. The minimum Gasteiger partial charge on any atom is -0.378 e. The molecule has 1 amide bonds. The summed E-state index contributed by atoms with van der Waals surface area (Å²) in [5, 5.41) is 4.81. The fourth-order valence-corrected chi connectivity index (χ4v) is 4.96. The van der Waals surface area contributed by atoms with Crippen molar-refractivity contribution in [1.82, 2.24) is 4.98 Å². The van der Waals surface area contributed by atoms with Crippen molar-refractivity contribution in [3.8, 4) is 0 Å². The predicted octanol–water partition coefficient (Wildman–Crippen LogP) is 4.53. The summed E-state index contributed by atoms with van der Waals surface area (Å²) in [7, 11) is 0. The van der Waals surface area contributed by atoms with Crippen molar-refractivity contribution in [3.05, 3.63) is 53.1 Å². The van der Waals surface area contributed by atoms with E-state index in [9.17, 15) is 4.79 Å². The number of nitrogens with zero attached hydrogens (tertiary/aromatic N) is 2. The average molecular weight is 414 g/mol. The number of thiazole rings is 1. The molecule has 1 aliphatic carbocycles. The zero-order valence-electron chi connectivity index (χ0n) is 15.2. The zero-order valence-corrected chi connectivity index (χ0v) is 16.8. The number of hydrogen-bond donors (Lipinski definition) is 1. The third-order valence-corrected chi connectivity index (χ3v) is 6.64. The van der Waals surface area contributed by atoms with E-state index in [1.165, 1.54) is 0 Å². The number of anilines is 2. The number of carbonyl (C=O) groups excluding carboxylic acids is 1. The van der Waals surface area contributed by atoms with E-state index in [0.29, 0.717) is 0 Å². The summed E-state index contributed by atoms with van der Waals surface area (Å²) in [6.07, 6.45) is 0.871. The number of fused-ring (bicyclic) bond motifs is 1. The van der Waals surface area contributed by atoms with Crippen molar-refractivity contribution < 1.29 is 9.53 Å². The SMILES string of the molecule is O=C(Nc1ccc2nc(N3CCOCC3)sc2c1)C1CC1c1cccc(Cl)c1. The maximum absolute atomic E-state index is 12.7. The third kappa shape index (κ3) is 3.60. The molecule has 1 aromatic heterocycles. The lowest BCUT2D eigenvalue weighted by molar-refractivity contribution is -0.117. The number of carbonyl (C=O) groups is 1. The smallest absolute Gasteiger partial charge is 0.228 e. The van der Waals surface area contributed by atoms with Gasteiger partial charge in [-0.3, -0.25) is 4.79 Å². The van der Waals surface area contributed by atoms with Crippen LogP contribution in [0.5, 0.6) is 0 Å². The molecule has 1 N–H and O–H groups in total. The predicted molar refractivity (Wildman–Crippen MR) is 114 cm³/mol. The fraction of sp³-hybridized carbons (Fsp3) is 0.333.